The van der Waals surface area contributed by atoms with Crippen molar-refractivity contribution < 1.29 is 13.2 Å². The van der Waals surface area contributed by atoms with Crippen molar-refractivity contribution >= 4 is 15.9 Å². The van der Waals surface area contributed by atoms with Crippen LogP contribution in [0.15, 0.2) is 30.3 Å². The lowest BCUT2D eigenvalue weighted by atomic mass is 10.2. The highest BCUT2D eigenvalue weighted by atomic mass is 32.2. The lowest BCUT2D eigenvalue weighted by Crippen LogP contribution is -2.30. The summed E-state index contributed by atoms with van der Waals surface area (Å²) in [4.78, 5) is 10.4. The van der Waals surface area contributed by atoms with E-state index < -0.39 is 21.2 Å². The molecule has 0 aromatic heterocycles. The zero-order valence-corrected chi connectivity index (χ0v) is 11.4. The molecule has 0 saturated heterocycles. The topological polar surface area (TPSA) is 115 Å². The van der Waals surface area contributed by atoms with Crippen LogP contribution in [-0.2, 0) is 9.84 Å². The molecule has 1 unspecified atom stereocenters. The average molecular weight is 285 g/mol. The minimum Gasteiger partial charge on any atom is -0.352 e. The summed E-state index contributed by atoms with van der Waals surface area (Å²) in [7, 11) is -3.38. The lowest BCUT2D eigenvalue weighted by molar-refractivity contribution is 0.249. The van der Waals surface area contributed by atoms with Gasteiger partial charge in [-0.3, -0.25) is 0 Å². The molecule has 0 saturated carbocycles. The number of amides is 2. The fraction of sp³-hybridized carbons (Fsp3) is 0.417. The molecule has 1 atom stereocenters. The molecule has 1 rings (SSSR count). The molecule has 1 aromatic rings. The van der Waals surface area contributed by atoms with Gasteiger partial charge < -0.3 is 16.8 Å². The molecule has 0 aliphatic carbocycles. The van der Waals surface area contributed by atoms with E-state index in [4.69, 9.17) is 11.5 Å². The zero-order chi connectivity index (χ0) is 14.3. The van der Waals surface area contributed by atoms with Crippen molar-refractivity contribution in [2.75, 3.05) is 12.3 Å². The van der Waals surface area contributed by atoms with Crippen molar-refractivity contribution in [2.45, 2.75) is 18.2 Å². The number of urea groups is 1. The van der Waals surface area contributed by atoms with Crippen molar-refractivity contribution in [3.8, 4) is 0 Å². The molecule has 106 valence electrons. The third-order valence-corrected chi connectivity index (χ3v) is 4.57. The third-order valence-electron chi connectivity index (χ3n) is 2.67. The summed E-state index contributed by atoms with van der Waals surface area (Å²) in [5, 5.41) is 1.40. The molecule has 19 heavy (non-hydrogen) atoms. The van der Waals surface area contributed by atoms with Crippen LogP contribution >= 0.6 is 0 Å². The Morgan fingerprint density at radius 3 is 2.42 bits per heavy atom. The summed E-state index contributed by atoms with van der Waals surface area (Å²) >= 11 is 0. The second-order valence-electron chi connectivity index (χ2n) is 4.20. The SMILES string of the molecule is NC(=O)NCCCCS(=O)(=O)C(N)c1ccccc1. The summed E-state index contributed by atoms with van der Waals surface area (Å²) in [5.74, 6) is -0.0104. The minimum atomic E-state index is -3.38. The molecular formula is C12H19N3O3S. The Morgan fingerprint density at radius 2 is 1.84 bits per heavy atom. The Balaban J connectivity index is 2.45. The van der Waals surface area contributed by atoms with Gasteiger partial charge in [-0.15, -0.1) is 0 Å². The van der Waals surface area contributed by atoms with Gasteiger partial charge in [-0.2, -0.15) is 0 Å². The van der Waals surface area contributed by atoms with Crippen molar-refractivity contribution in [3.63, 3.8) is 0 Å². The van der Waals surface area contributed by atoms with Gasteiger partial charge in [0.15, 0.2) is 9.84 Å². The monoisotopic (exact) mass is 285 g/mol. The minimum absolute atomic E-state index is 0.0104. The molecule has 0 radical (unpaired) electrons. The number of rotatable bonds is 7. The lowest BCUT2D eigenvalue weighted by Gasteiger charge is -2.13. The third kappa shape index (κ3) is 5.27. The van der Waals surface area contributed by atoms with E-state index in [0.29, 0.717) is 24.9 Å². The van der Waals surface area contributed by atoms with E-state index in [1.807, 2.05) is 0 Å². The van der Waals surface area contributed by atoms with Crippen LogP contribution in [0.25, 0.3) is 0 Å². The first-order chi connectivity index (χ1) is 8.93. The molecule has 0 bridgehead atoms. The van der Waals surface area contributed by atoms with E-state index in [2.05, 4.69) is 5.32 Å². The van der Waals surface area contributed by atoms with Crippen LogP contribution in [0, 0.1) is 0 Å². The summed E-state index contributed by atoms with van der Waals surface area (Å²) in [5.41, 5.74) is 11.2. The summed E-state index contributed by atoms with van der Waals surface area (Å²) in [6.45, 7) is 0.366. The average Bonchev–Trinajstić information content (AvgIpc) is 2.38. The highest BCUT2D eigenvalue weighted by molar-refractivity contribution is 7.91. The van der Waals surface area contributed by atoms with E-state index in [0.717, 1.165) is 0 Å². The van der Waals surface area contributed by atoms with Gasteiger partial charge in [-0.25, -0.2) is 13.2 Å². The van der Waals surface area contributed by atoms with Gasteiger partial charge in [0.05, 0.1) is 5.75 Å². The maximum atomic E-state index is 12.0. The molecule has 0 aliphatic heterocycles. The first-order valence-electron chi connectivity index (χ1n) is 5.99. The van der Waals surface area contributed by atoms with Gasteiger partial charge in [0.2, 0.25) is 0 Å². The summed E-state index contributed by atoms with van der Waals surface area (Å²) < 4.78 is 24.0. The molecule has 7 heteroatoms. The molecule has 0 heterocycles. The Kier molecular flexibility index (Phi) is 5.78. The molecule has 0 spiro atoms. The fourth-order valence-electron chi connectivity index (χ4n) is 1.62. The molecule has 0 fully saturated rings. The normalized spacial score (nSPS) is 12.9. The Bertz CT molecular complexity index is 502. The highest BCUT2D eigenvalue weighted by Crippen LogP contribution is 2.18. The Hall–Kier alpha value is -1.60. The Morgan fingerprint density at radius 1 is 1.21 bits per heavy atom. The van der Waals surface area contributed by atoms with Crippen molar-refractivity contribution in [2.24, 2.45) is 11.5 Å². The van der Waals surface area contributed by atoms with E-state index in [1.54, 1.807) is 30.3 Å². The quantitative estimate of drug-likeness (QED) is 0.633. The predicted molar refractivity (Wildman–Crippen MR) is 74.0 cm³/mol. The zero-order valence-electron chi connectivity index (χ0n) is 10.6. The largest absolute Gasteiger partial charge is 0.352 e. The summed E-state index contributed by atoms with van der Waals surface area (Å²) in [6.07, 6.45) is 0.979. The van der Waals surface area contributed by atoms with E-state index in [1.165, 1.54) is 0 Å². The molecule has 6 nitrogen and oxygen atoms in total. The first-order valence-corrected chi connectivity index (χ1v) is 7.70. The molecule has 0 aliphatic rings. The van der Waals surface area contributed by atoms with E-state index >= 15 is 0 Å². The van der Waals surface area contributed by atoms with Crippen molar-refractivity contribution in [1.29, 1.82) is 0 Å². The van der Waals surface area contributed by atoms with Crippen molar-refractivity contribution in [3.05, 3.63) is 35.9 Å². The van der Waals surface area contributed by atoms with Crippen LogP contribution in [0.5, 0.6) is 0 Å². The van der Waals surface area contributed by atoms with Gasteiger partial charge in [0.25, 0.3) is 0 Å². The van der Waals surface area contributed by atoms with Gasteiger partial charge in [0, 0.05) is 6.54 Å². The second-order valence-corrected chi connectivity index (χ2v) is 6.44. The van der Waals surface area contributed by atoms with Crippen LogP contribution in [0.1, 0.15) is 23.8 Å². The molecule has 5 N–H and O–H groups in total. The number of sulfone groups is 1. The van der Waals surface area contributed by atoms with Crippen LogP contribution in [0.2, 0.25) is 0 Å². The molecule has 2 amide bonds. The number of nitrogens with one attached hydrogen (secondary N) is 1. The van der Waals surface area contributed by atoms with Crippen LogP contribution in [-0.4, -0.2) is 26.7 Å². The van der Waals surface area contributed by atoms with Gasteiger partial charge in [0.1, 0.15) is 5.37 Å². The number of hydrogen-bond donors (Lipinski definition) is 3. The highest BCUT2D eigenvalue weighted by Gasteiger charge is 2.22. The van der Waals surface area contributed by atoms with Crippen LogP contribution in [0.4, 0.5) is 4.79 Å². The number of benzene rings is 1. The van der Waals surface area contributed by atoms with E-state index in [9.17, 15) is 13.2 Å². The predicted octanol–water partition coefficient (Wildman–Crippen LogP) is 0.507. The van der Waals surface area contributed by atoms with Crippen LogP contribution in [0.3, 0.4) is 0 Å². The van der Waals surface area contributed by atoms with Crippen molar-refractivity contribution in [1.82, 2.24) is 5.32 Å². The summed E-state index contributed by atoms with van der Waals surface area (Å²) in [6, 6.07) is 8.08. The number of nitrogens with two attached hydrogens (primary N) is 2. The molecular weight excluding hydrogens is 266 g/mol. The standard InChI is InChI=1S/C12H19N3O3S/c13-11(10-6-2-1-3-7-10)19(17,18)9-5-4-8-15-12(14)16/h1-3,6-7,11H,4-5,8-9,13H2,(H3,14,15,16). The maximum Gasteiger partial charge on any atom is 0.312 e. The number of hydrogen-bond acceptors (Lipinski definition) is 4. The maximum absolute atomic E-state index is 12.0. The Labute approximate surface area is 113 Å². The number of carbonyl (C=O) groups excluding carboxylic acids is 1. The van der Waals surface area contributed by atoms with Gasteiger partial charge >= 0.3 is 6.03 Å². The second kappa shape index (κ2) is 7.10. The number of unbranched alkanes of at least 4 members (excludes halogenated alkanes) is 1. The number of carbonyl (C=O) groups is 1. The van der Waals surface area contributed by atoms with Gasteiger partial charge in [-0.05, 0) is 18.4 Å². The smallest absolute Gasteiger partial charge is 0.312 e. The fourth-order valence-corrected chi connectivity index (χ4v) is 3.05. The van der Waals surface area contributed by atoms with Gasteiger partial charge in [-0.1, -0.05) is 30.3 Å². The number of primary amides is 1. The first kappa shape index (κ1) is 15.5. The molecule has 1 aromatic carbocycles. The van der Waals surface area contributed by atoms with Crippen LogP contribution < -0.4 is 16.8 Å². The van der Waals surface area contributed by atoms with E-state index in [-0.39, 0.29) is 5.75 Å².